The van der Waals surface area contributed by atoms with E-state index in [-0.39, 0.29) is 0 Å². The standard InChI is InChI=1S/C14H14OS3/c1-16-17-13-7-5-6-12(10-13)11-18(15)14-8-3-2-4-9-14/h2-10H,11H2,1H3. The molecule has 0 saturated heterocycles. The summed E-state index contributed by atoms with van der Waals surface area (Å²) in [6.45, 7) is 0. The van der Waals surface area contributed by atoms with Crippen LogP contribution in [0.4, 0.5) is 0 Å². The minimum absolute atomic E-state index is 0.576. The van der Waals surface area contributed by atoms with Gasteiger partial charge >= 0.3 is 0 Å². The van der Waals surface area contributed by atoms with E-state index in [1.807, 2.05) is 42.5 Å². The van der Waals surface area contributed by atoms with Crippen molar-refractivity contribution >= 4 is 32.4 Å². The summed E-state index contributed by atoms with van der Waals surface area (Å²) in [5.74, 6) is 0.576. The van der Waals surface area contributed by atoms with Crippen LogP contribution in [-0.2, 0) is 16.6 Å². The Bertz CT molecular complexity index is 526. The van der Waals surface area contributed by atoms with Crippen molar-refractivity contribution in [2.45, 2.75) is 15.5 Å². The van der Waals surface area contributed by atoms with Crippen molar-refractivity contribution in [1.82, 2.24) is 0 Å². The quantitative estimate of drug-likeness (QED) is 0.763. The first-order valence-corrected chi connectivity index (χ1v) is 9.40. The maximum absolute atomic E-state index is 12.2. The van der Waals surface area contributed by atoms with E-state index in [2.05, 4.69) is 18.4 Å². The molecule has 0 saturated carbocycles. The lowest BCUT2D eigenvalue weighted by atomic mass is 10.2. The van der Waals surface area contributed by atoms with Gasteiger partial charge in [0.1, 0.15) is 0 Å². The molecule has 1 unspecified atom stereocenters. The molecule has 1 atom stereocenters. The zero-order valence-electron chi connectivity index (χ0n) is 10.0. The van der Waals surface area contributed by atoms with Gasteiger partial charge in [0.25, 0.3) is 0 Å². The Kier molecular flexibility index (Phi) is 5.35. The van der Waals surface area contributed by atoms with E-state index < -0.39 is 10.8 Å². The Morgan fingerprint density at radius 2 is 1.83 bits per heavy atom. The third-order valence-corrected chi connectivity index (χ3v) is 5.47. The lowest BCUT2D eigenvalue weighted by Crippen LogP contribution is -1.96. The molecule has 0 heterocycles. The topological polar surface area (TPSA) is 17.1 Å². The lowest BCUT2D eigenvalue weighted by Gasteiger charge is -2.04. The van der Waals surface area contributed by atoms with Crippen molar-refractivity contribution in [1.29, 1.82) is 0 Å². The average Bonchev–Trinajstić information content (AvgIpc) is 2.40. The summed E-state index contributed by atoms with van der Waals surface area (Å²) >= 11 is 0. The molecular weight excluding hydrogens is 280 g/mol. The summed E-state index contributed by atoms with van der Waals surface area (Å²) in [6, 6.07) is 17.9. The molecule has 0 aliphatic rings. The summed E-state index contributed by atoms with van der Waals surface area (Å²) in [7, 11) is 2.49. The van der Waals surface area contributed by atoms with Gasteiger partial charge in [-0.25, -0.2) is 0 Å². The van der Waals surface area contributed by atoms with E-state index in [9.17, 15) is 4.21 Å². The van der Waals surface area contributed by atoms with Crippen molar-refractivity contribution in [3.8, 4) is 0 Å². The molecule has 0 spiro atoms. The highest BCUT2D eigenvalue weighted by Gasteiger charge is 2.05. The molecular formula is C14H14OS3. The number of hydrogen-bond donors (Lipinski definition) is 0. The van der Waals surface area contributed by atoms with Crippen molar-refractivity contribution < 1.29 is 4.21 Å². The summed E-state index contributed by atoms with van der Waals surface area (Å²) in [4.78, 5) is 2.10. The van der Waals surface area contributed by atoms with Crippen LogP contribution in [0.2, 0.25) is 0 Å². The van der Waals surface area contributed by atoms with E-state index in [1.165, 1.54) is 4.90 Å². The summed E-state index contributed by atoms with van der Waals surface area (Å²) in [5.41, 5.74) is 1.12. The highest BCUT2D eigenvalue weighted by atomic mass is 33.1. The van der Waals surface area contributed by atoms with E-state index in [0.29, 0.717) is 5.75 Å². The van der Waals surface area contributed by atoms with Gasteiger partial charge in [-0.1, -0.05) is 51.9 Å². The van der Waals surface area contributed by atoms with Crippen LogP contribution < -0.4 is 0 Å². The molecule has 0 aromatic heterocycles. The van der Waals surface area contributed by atoms with Crippen LogP contribution in [-0.4, -0.2) is 10.5 Å². The molecule has 94 valence electrons. The van der Waals surface area contributed by atoms with Gasteiger partial charge in [-0.2, -0.15) is 0 Å². The molecule has 0 fully saturated rings. The minimum atomic E-state index is -0.963. The van der Waals surface area contributed by atoms with E-state index >= 15 is 0 Å². The first kappa shape index (κ1) is 13.7. The van der Waals surface area contributed by atoms with Gasteiger partial charge in [0, 0.05) is 9.79 Å². The van der Waals surface area contributed by atoms with Crippen LogP contribution in [0, 0.1) is 0 Å². The zero-order valence-corrected chi connectivity index (χ0v) is 12.5. The second kappa shape index (κ2) is 7.02. The molecule has 0 amide bonds. The van der Waals surface area contributed by atoms with Crippen LogP contribution >= 0.6 is 21.6 Å². The minimum Gasteiger partial charge on any atom is -0.254 e. The highest BCUT2D eigenvalue weighted by molar-refractivity contribution is 8.76. The molecule has 0 radical (unpaired) electrons. The molecule has 0 N–H and O–H groups in total. The Morgan fingerprint density at radius 3 is 2.56 bits per heavy atom. The Hall–Kier alpha value is -0.710. The SMILES string of the molecule is CSSc1cccc(CS(=O)c2ccccc2)c1. The van der Waals surface area contributed by atoms with Gasteiger partial charge in [-0.3, -0.25) is 4.21 Å². The highest BCUT2D eigenvalue weighted by Crippen LogP contribution is 2.29. The molecule has 0 bridgehead atoms. The average molecular weight is 294 g/mol. The third kappa shape index (κ3) is 3.90. The summed E-state index contributed by atoms with van der Waals surface area (Å²) in [6.07, 6.45) is 2.06. The monoisotopic (exact) mass is 294 g/mol. The van der Waals surface area contributed by atoms with Crippen LogP contribution in [0.5, 0.6) is 0 Å². The molecule has 0 aliphatic carbocycles. The first-order valence-electron chi connectivity index (χ1n) is 5.52. The second-order valence-corrected chi connectivity index (χ2v) is 7.62. The fraction of sp³-hybridized carbons (Fsp3) is 0.143. The molecule has 0 aliphatic heterocycles. The Balaban J connectivity index is 2.10. The predicted octanol–water partition coefficient (Wildman–Crippen LogP) is 4.36. The van der Waals surface area contributed by atoms with Crippen LogP contribution in [0.3, 0.4) is 0 Å². The zero-order chi connectivity index (χ0) is 12.8. The van der Waals surface area contributed by atoms with Crippen molar-refractivity contribution in [3.05, 3.63) is 60.2 Å². The van der Waals surface area contributed by atoms with Gasteiger partial charge in [0.15, 0.2) is 0 Å². The number of rotatable bonds is 5. The van der Waals surface area contributed by atoms with Crippen LogP contribution in [0.25, 0.3) is 0 Å². The molecule has 2 aromatic rings. The van der Waals surface area contributed by atoms with E-state index in [0.717, 1.165) is 10.5 Å². The molecule has 2 aromatic carbocycles. The lowest BCUT2D eigenvalue weighted by molar-refractivity contribution is 0.682. The van der Waals surface area contributed by atoms with Crippen LogP contribution in [0.1, 0.15) is 5.56 Å². The number of hydrogen-bond acceptors (Lipinski definition) is 3. The number of benzene rings is 2. The Morgan fingerprint density at radius 1 is 1.06 bits per heavy atom. The van der Waals surface area contributed by atoms with Gasteiger partial charge in [0.05, 0.1) is 16.6 Å². The van der Waals surface area contributed by atoms with Gasteiger partial charge in [0.2, 0.25) is 0 Å². The smallest absolute Gasteiger partial charge is 0.0574 e. The summed E-state index contributed by atoms with van der Waals surface area (Å²) < 4.78 is 12.2. The van der Waals surface area contributed by atoms with E-state index in [4.69, 9.17) is 0 Å². The van der Waals surface area contributed by atoms with E-state index in [1.54, 1.807) is 21.6 Å². The van der Waals surface area contributed by atoms with Gasteiger partial charge < -0.3 is 0 Å². The first-order chi connectivity index (χ1) is 8.79. The second-order valence-electron chi connectivity index (χ2n) is 3.70. The predicted molar refractivity (Wildman–Crippen MR) is 82.4 cm³/mol. The van der Waals surface area contributed by atoms with Crippen molar-refractivity contribution in [2.75, 3.05) is 6.26 Å². The van der Waals surface area contributed by atoms with Crippen molar-refractivity contribution in [2.24, 2.45) is 0 Å². The molecule has 2 rings (SSSR count). The van der Waals surface area contributed by atoms with Crippen LogP contribution in [0.15, 0.2) is 64.4 Å². The van der Waals surface area contributed by atoms with Gasteiger partial charge in [-0.15, -0.1) is 0 Å². The normalized spacial score (nSPS) is 12.3. The third-order valence-electron chi connectivity index (χ3n) is 2.38. The van der Waals surface area contributed by atoms with Crippen molar-refractivity contribution in [3.63, 3.8) is 0 Å². The fourth-order valence-electron chi connectivity index (χ4n) is 1.59. The Labute approximate surface area is 118 Å². The molecule has 1 nitrogen and oxygen atoms in total. The maximum Gasteiger partial charge on any atom is 0.0574 e. The summed E-state index contributed by atoms with van der Waals surface area (Å²) in [5, 5.41) is 0. The fourth-order valence-corrected chi connectivity index (χ4v) is 4.11. The molecule has 4 heteroatoms. The van der Waals surface area contributed by atoms with Gasteiger partial charge in [-0.05, 0) is 36.1 Å². The maximum atomic E-state index is 12.2. The largest absolute Gasteiger partial charge is 0.254 e. The molecule has 18 heavy (non-hydrogen) atoms.